The van der Waals surface area contributed by atoms with Crippen LogP contribution in [0, 0.1) is 5.82 Å². The number of aryl methyl sites for hydroxylation is 1. The molecule has 3 aromatic rings. The van der Waals surface area contributed by atoms with Crippen LogP contribution in [-0.4, -0.2) is 41.1 Å². The van der Waals surface area contributed by atoms with E-state index in [1.54, 1.807) is 25.4 Å². The normalized spacial score (nSPS) is 11.7. The highest BCUT2D eigenvalue weighted by molar-refractivity contribution is 9.10. The van der Waals surface area contributed by atoms with Crippen molar-refractivity contribution in [1.29, 1.82) is 0 Å². The molecule has 0 fully saturated rings. The van der Waals surface area contributed by atoms with Gasteiger partial charge in [-0.15, -0.1) is 0 Å². The lowest BCUT2D eigenvalue weighted by atomic mass is 10.2. The number of hydrogen-bond donors (Lipinski definition) is 1. The zero-order chi connectivity index (χ0) is 20.1. The zero-order valence-corrected chi connectivity index (χ0v) is 17.7. The number of nitrogens with one attached hydrogen (secondary N) is 1. The minimum Gasteiger partial charge on any atom is -0.444 e. The maximum Gasteiger partial charge on any atom is 0.226 e. The smallest absolute Gasteiger partial charge is 0.226 e. The predicted octanol–water partition coefficient (Wildman–Crippen LogP) is 3.83. The number of nitrogens with zero attached hydrogens (tertiary/aromatic N) is 4. The van der Waals surface area contributed by atoms with Crippen molar-refractivity contribution in [2.45, 2.75) is 13.0 Å². The van der Waals surface area contributed by atoms with Gasteiger partial charge in [0, 0.05) is 56.0 Å². The summed E-state index contributed by atoms with van der Waals surface area (Å²) in [5.74, 6) is 1.02. The molecule has 0 aliphatic heterocycles. The Morgan fingerprint density at radius 2 is 2.11 bits per heavy atom. The number of rotatable bonds is 6. The van der Waals surface area contributed by atoms with Gasteiger partial charge >= 0.3 is 0 Å². The second kappa shape index (κ2) is 9.05. The largest absolute Gasteiger partial charge is 0.444 e. The first-order valence-corrected chi connectivity index (χ1v) is 9.68. The van der Waals surface area contributed by atoms with Gasteiger partial charge in [0.2, 0.25) is 5.89 Å². The van der Waals surface area contributed by atoms with Crippen molar-refractivity contribution in [2.75, 3.05) is 20.6 Å². The van der Waals surface area contributed by atoms with E-state index in [1.165, 1.54) is 17.8 Å². The first-order chi connectivity index (χ1) is 13.5. The molecule has 0 aliphatic rings. The zero-order valence-electron chi connectivity index (χ0n) is 16.1. The molecule has 0 radical (unpaired) electrons. The van der Waals surface area contributed by atoms with Crippen LogP contribution in [-0.2, 0) is 20.0 Å². The van der Waals surface area contributed by atoms with Crippen LogP contribution in [0.1, 0.15) is 11.4 Å². The molecular weight excluding hydrogens is 425 g/mol. The summed E-state index contributed by atoms with van der Waals surface area (Å²) in [6.45, 7) is 1.41. The molecule has 2 aromatic heterocycles. The Labute approximate surface area is 172 Å². The van der Waals surface area contributed by atoms with E-state index in [0.717, 1.165) is 28.2 Å². The quantitative estimate of drug-likeness (QED) is 0.460. The molecule has 0 saturated carbocycles. The number of hydrogen-bond acceptors (Lipinski definition) is 3. The Kier molecular flexibility index (Phi) is 6.51. The number of oxazole rings is 1. The fraction of sp³-hybridized carbons (Fsp3) is 0.300. The molecule has 0 atom stereocenters. The van der Waals surface area contributed by atoms with Gasteiger partial charge in [-0.25, -0.2) is 9.37 Å². The van der Waals surface area contributed by atoms with E-state index in [9.17, 15) is 4.39 Å². The molecule has 1 aromatic carbocycles. The first kappa shape index (κ1) is 20.1. The molecule has 0 saturated heterocycles. The Bertz CT molecular complexity index is 948. The van der Waals surface area contributed by atoms with Gasteiger partial charge in [0.1, 0.15) is 12.1 Å². The molecule has 8 heteroatoms. The SMILES string of the molecule is CN=C(NCCc1coc(-c2ccc(F)cc2)n1)N(C)Cc1cc(Br)cn1C. The fourth-order valence-electron chi connectivity index (χ4n) is 2.88. The van der Waals surface area contributed by atoms with E-state index in [-0.39, 0.29) is 5.82 Å². The maximum absolute atomic E-state index is 13.0. The highest BCUT2D eigenvalue weighted by Gasteiger charge is 2.11. The van der Waals surface area contributed by atoms with E-state index in [0.29, 0.717) is 18.9 Å². The van der Waals surface area contributed by atoms with Gasteiger partial charge in [-0.05, 0) is 46.3 Å². The molecule has 0 aliphatic carbocycles. The van der Waals surface area contributed by atoms with Crippen molar-refractivity contribution >= 4 is 21.9 Å². The number of guanidine groups is 1. The molecule has 0 spiro atoms. The van der Waals surface area contributed by atoms with Crippen molar-refractivity contribution in [1.82, 2.24) is 19.8 Å². The lowest BCUT2D eigenvalue weighted by Crippen LogP contribution is -2.39. The number of aromatic nitrogens is 2. The van der Waals surface area contributed by atoms with Gasteiger partial charge in [-0.3, -0.25) is 4.99 Å². The van der Waals surface area contributed by atoms with E-state index in [1.807, 2.05) is 20.3 Å². The second-order valence-corrected chi connectivity index (χ2v) is 7.41. The van der Waals surface area contributed by atoms with E-state index >= 15 is 0 Å². The van der Waals surface area contributed by atoms with Crippen LogP contribution in [0.15, 0.2) is 56.7 Å². The third-order valence-corrected chi connectivity index (χ3v) is 4.79. The Morgan fingerprint density at radius 3 is 2.75 bits per heavy atom. The summed E-state index contributed by atoms with van der Waals surface area (Å²) in [4.78, 5) is 10.9. The highest BCUT2D eigenvalue weighted by atomic mass is 79.9. The Hall–Kier alpha value is -2.61. The van der Waals surface area contributed by atoms with Crippen LogP contribution in [0.5, 0.6) is 0 Å². The maximum atomic E-state index is 13.0. The minimum atomic E-state index is -0.280. The average molecular weight is 448 g/mol. The summed E-state index contributed by atoms with van der Waals surface area (Å²) < 4.78 is 21.7. The van der Waals surface area contributed by atoms with Crippen LogP contribution in [0.25, 0.3) is 11.5 Å². The second-order valence-electron chi connectivity index (χ2n) is 6.49. The predicted molar refractivity (Wildman–Crippen MR) is 112 cm³/mol. The van der Waals surface area contributed by atoms with Gasteiger partial charge < -0.3 is 19.2 Å². The summed E-state index contributed by atoms with van der Waals surface area (Å²) in [5, 5.41) is 3.34. The molecular formula is C20H23BrFN5O. The van der Waals surface area contributed by atoms with Crippen molar-refractivity contribution in [2.24, 2.45) is 12.0 Å². The summed E-state index contributed by atoms with van der Waals surface area (Å²) in [5.41, 5.74) is 2.76. The van der Waals surface area contributed by atoms with Gasteiger partial charge in [0.25, 0.3) is 0 Å². The summed E-state index contributed by atoms with van der Waals surface area (Å²) in [6, 6.07) is 8.19. The molecule has 0 bridgehead atoms. The average Bonchev–Trinajstić information content (AvgIpc) is 3.25. The van der Waals surface area contributed by atoms with Gasteiger partial charge in [0.05, 0.1) is 12.2 Å². The molecule has 2 heterocycles. The van der Waals surface area contributed by atoms with Crippen LogP contribution < -0.4 is 5.32 Å². The molecule has 0 amide bonds. The van der Waals surface area contributed by atoms with Crippen molar-refractivity contribution in [3.8, 4) is 11.5 Å². The number of halogens is 2. The summed E-state index contributed by atoms with van der Waals surface area (Å²) >= 11 is 3.50. The van der Waals surface area contributed by atoms with Gasteiger partial charge in [-0.1, -0.05) is 0 Å². The molecule has 148 valence electrons. The Balaban J connectivity index is 1.53. The van der Waals surface area contributed by atoms with Crippen LogP contribution in [0.3, 0.4) is 0 Å². The van der Waals surface area contributed by atoms with E-state index in [4.69, 9.17) is 4.42 Å². The number of aliphatic imine (C=N–C) groups is 1. The minimum absolute atomic E-state index is 0.280. The van der Waals surface area contributed by atoms with Gasteiger partial charge in [0.15, 0.2) is 5.96 Å². The van der Waals surface area contributed by atoms with Gasteiger partial charge in [-0.2, -0.15) is 0 Å². The molecule has 3 rings (SSSR count). The lowest BCUT2D eigenvalue weighted by molar-refractivity contribution is 0.462. The third kappa shape index (κ3) is 5.01. The van der Waals surface area contributed by atoms with Crippen molar-refractivity contribution in [3.63, 3.8) is 0 Å². The highest BCUT2D eigenvalue weighted by Crippen LogP contribution is 2.19. The van der Waals surface area contributed by atoms with E-state index in [2.05, 4.69) is 46.8 Å². The lowest BCUT2D eigenvalue weighted by Gasteiger charge is -2.22. The summed E-state index contributed by atoms with van der Waals surface area (Å²) in [7, 11) is 5.79. The van der Waals surface area contributed by atoms with Crippen molar-refractivity contribution < 1.29 is 8.81 Å². The van der Waals surface area contributed by atoms with Crippen molar-refractivity contribution in [3.05, 3.63) is 64.5 Å². The van der Waals surface area contributed by atoms with Crippen LogP contribution in [0.4, 0.5) is 4.39 Å². The number of benzene rings is 1. The monoisotopic (exact) mass is 447 g/mol. The Morgan fingerprint density at radius 1 is 1.36 bits per heavy atom. The first-order valence-electron chi connectivity index (χ1n) is 8.89. The summed E-state index contributed by atoms with van der Waals surface area (Å²) in [6.07, 6.45) is 4.35. The molecule has 0 unspecified atom stereocenters. The van der Waals surface area contributed by atoms with Crippen LogP contribution >= 0.6 is 15.9 Å². The standard InChI is InChI=1S/C20H23BrFN5O/c1-23-20(27(3)12-18-10-15(21)11-26(18)2)24-9-8-17-13-28-19(25-17)14-4-6-16(22)7-5-14/h4-7,10-11,13H,8-9,12H2,1-3H3,(H,23,24). The molecule has 1 N–H and O–H groups in total. The third-order valence-electron chi connectivity index (χ3n) is 4.35. The molecule has 6 nitrogen and oxygen atoms in total. The van der Waals surface area contributed by atoms with Crippen LogP contribution in [0.2, 0.25) is 0 Å². The molecule has 28 heavy (non-hydrogen) atoms. The fourth-order valence-corrected chi connectivity index (χ4v) is 3.45. The topological polar surface area (TPSA) is 58.6 Å². The van der Waals surface area contributed by atoms with E-state index < -0.39 is 0 Å².